The quantitative estimate of drug-likeness (QED) is 0.333. The zero-order valence-corrected chi connectivity index (χ0v) is 20.2. The Balaban J connectivity index is 1.94. The molecule has 3 aromatic rings. The molecule has 3 rings (SSSR count). The fraction of sp³-hybridized carbons (Fsp3) is 0.208. The van der Waals surface area contributed by atoms with Gasteiger partial charge in [0, 0.05) is 17.7 Å². The van der Waals surface area contributed by atoms with Crippen LogP contribution in [0.1, 0.15) is 18.5 Å². The lowest BCUT2D eigenvalue weighted by atomic mass is 10.1. The van der Waals surface area contributed by atoms with E-state index in [1.54, 1.807) is 43.3 Å². The molecule has 11 heteroatoms. The van der Waals surface area contributed by atoms with E-state index in [2.05, 4.69) is 5.32 Å². The van der Waals surface area contributed by atoms with Crippen LogP contribution in [0.2, 0.25) is 0 Å². The van der Waals surface area contributed by atoms with Crippen LogP contribution in [0, 0.1) is 10.1 Å². The molecule has 1 N–H and O–H groups in total. The maximum Gasteiger partial charge on any atom is 0.271 e. The Morgan fingerprint density at radius 1 is 1.03 bits per heavy atom. The number of hydrogen-bond donors (Lipinski definition) is 1. The second-order valence-electron chi connectivity index (χ2n) is 7.50. The fourth-order valence-corrected chi connectivity index (χ4v) is 4.90. The molecule has 0 aliphatic rings. The predicted octanol–water partition coefficient (Wildman–Crippen LogP) is 3.68. The molecular formula is C24H25N3O7S. The van der Waals surface area contributed by atoms with Crippen molar-refractivity contribution in [3.05, 3.63) is 88.5 Å². The summed E-state index contributed by atoms with van der Waals surface area (Å²) in [7, 11) is -1.20. The van der Waals surface area contributed by atoms with E-state index in [0.717, 1.165) is 10.4 Å². The van der Waals surface area contributed by atoms with E-state index in [0.29, 0.717) is 17.1 Å². The summed E-state index contributed by atoms with van der Waals surface area (Å²) in [6.07, 6.45) is 0. The number of nitrogens with one attached hydrogen (secondary N) is 1. The van der Waals surface area contributed by atoms with E-state index in [1.165, 1.54) is 44.6 Å². The van der Waals surface area contributed by atoms with Crippen molar-refractivity contribution in [3.63, 3.8) is 0 Å². The van der Waals surface area contributed by atoms with Gasteiger partial charge >= 0.3 is 0 Å². The topological polar surface area (TPSA) is 128 Å². The number of ether oxygens (including phenoxy) is 2. The molecule has 1 unspecified atom stereocenters. The van der Waals surface area contributed by atoms with Gasteiger partial charge in [-0.05, 0) is 43.3 Å². The third-order valence-electron chi connectivity index (χ3n) is 5.23. The lowest BCUT2D eigenvalue weighted by Gasteiger charge is -2.25. The summed E-state index contributed by atoms with van der Waals surface area (Å²) in [5.74, 6) is 0.464. The fourth-order valence-electron chi connectivity index (χ4n) is 3.47. The molecule has 0 radical (unpaired) electrons. The van der Waals surface area contributed by atoms with Crippen LogP contribution in [0.4, 0.5) is 11.4 Å². The van der Waals surface area contributed by atoms with Crippen molar-refractivity contribution in [1.29, 1.82) is 0 Å². The Hall–Kier alpha value is -4.12. The monoisotopic (exact) mass is 499 g/mol. The van der Waals surface area contributed by atoms with Gasteiger partial charge in [0.1, 0.15) is 18.0 Å². The first-order valence-electron chi connectivity index (χ1n) is 10.5. The first kappa shape index (κ1) is 25.5. The Labute approximate surface area is 203 Å². The molecular weight excluding hydrogens is 474 g/mol. The van der Waals surface area contributed by atoms with Gasteiger partial charge in [0.25, 0.3) is 15.7 Å². The minimum absolute atomic E-state index is 0.00943. The summed E-state index contributed by atoms with van der Waals surface area (Å²) in [5, 5.41) is 14.0. The predicted molar refractivity (Wildman–Crippen MR) is 130 cm³/mol. The number of non-ortho nitro benzene ring substituents is 1. The third kappa shape index (κ3) is 5.87. The van der Waals surface area contributed by atoms with E-state index in [4.69, 9.17) is 9.47 Å². The largest absolute Gasteiger partial charge is 0.497 e. The van der Waals surface area contributed by atoms with E-state index in [1.807, 2.05) is 0 Å². The highest BCUT2D eigenvalue weighted by Gasteiger charge is 2.29. The number of carbonyl (C=O) groups is 1. The summed E-state index contributed by atoms with van der Waals surface area (Å²) in [6, 6.07) is 17.2. The van der Waals surface area contributed by atoms with Gasteiger partial charge in [0.05, 0.1) is 35.8 Å². The first-order chi connectivity index (χ1) is 16.7. The molecule has 1 amide bonds. The molecule has 0 aliphatic heterocycles. The van der Waals surface area contributed by atoms with Gasteiger partial charge in [-0.15, -0.1) is 0 Å². The number of carbonyl (C=O) groups excluding carboxylic acids is 1. The number of anilines is 1. The number of methoxy groups -OCH3 is 2. The van der Waals surface area contributed by atoms with Crippen molar-refractivity contribution >= 4 is 27.3 Å². The zero-order valence-electron chi connectivity index (χ0n) is 19.4. The van der Waals surface area contributed by atoms with Gasteiger partial charge in [-0.3, -0.25) is 19.2 Å². The van der Waals surface area contributed by atoms with Gasteiger partial charge in [0.15, 0.2) is 0 Å². The second-order valence-corrected chi connectivity index (χ2v) is 9.36. The normalized spacial score (nSPS) is 11.9. The molecule has 35 heavy (non-hydrogen) atoms. The molecule has 10 nitrogen and oxygen atoms in total. The van der Waals surface area contributed by atoms with E-state index >= 15 is 0 Å². The third-order valence-corrected chi connectivity index (χ3v) is 7.02. The number of sulfonamides is 1. The molecule has 0 saturated carbocycles. The Kier molecular flexibility index (Phi) is 7.92. The minimum Gasteiger partial charge on any atom is -0.497 e. The summed E-state index contributed by atoms with van der Waals surface area (Å²) < 4.78 is 38.3. The molecule has 0 aliphatic carbocycles. The summed E-state index contributed by atoms with van der Waals surface area (Å²) in [5.41, 5.74) is 0.323. The van der Waals surface area contributed by atoms with Crippen molar-refractivity contribution in [1.82, 2.24) is 5.32 Å². The van der Waals surface area contributed by atoms with Gasteiger partial charge < -0.3 is 14.8 Å². The zero-order chi connectivity index (χ0) is 25.6. The molecule has 1 atom stereocenters. The van der Waals surface area contributed by atoms with Crippen molar-refractivity contribution in [2.45, 2.75) is 17.9 Å². The molecule has 184 valence electrons. The average Bonchev–Trinajstić information content (AvgIpc) is 2.87. The Morgan fingerprint density at radius 2 is 1.74 bits per heavy atom. The number of nitro benzene ring substituents is 1. The highest BCUT2D eigenvalue weighted by atomic mass is 32.2. The second kappa shape index (κ2) is 10.9. The molecule has 0 spiro atoms. The van der Waals surface area contributed by atoms with Crippen LogP contribution >= 0.6 is 0 Å². The summed E-state index contributed by atoms with van der Waals surface area (Å²) >= 11 is 0. The molecule has 0 saturated heterocycles. The number of rotatable bonds is 10. The Morgan fingerprint density at radius 3 is 2.37 bits per heavy atom. The van der Waals surface area contributed by atoms with Crippen molar-refractivity contribution in [3.8, 4) is 11.5 Å². The lowest BCUT2D eigenvalue weighted by molar-refractivity contribution is -0.384. The smallest absolute Gasteiger partial charge is 0.271 e. The number of benzene rings is 3. The number of nitrogens with zero attached hydrogens (tertiary/aromatic N) is 2. The van der Waals surface area contributed by atoms with Gasteiger partial charge in [0.2, 0.25) is 5.91 Å². The number of amides is 1. The molecule has 0 fully saturated rings. The van der Waals surface area contributed by atoms with Crippen molar-refractivity contribution in [2.75, 3.05) is 25.1 Å². The number of hydrogen-bond acceptors (Lipinski definition) is 7. The summed E-state index contributed by atoms with van der Waals surface area (Å²) in [6.45, 7) is 1.12. The molecule has 0 bridgehead atoms. The SMILES string of the molecule is COc1ccc(OC)c(C(C)NC(=O)CN(c2cccc([N+](=O)[O-])c2)S(=O)(=O)c2ccccc2)c1. The van der Waals surface area contributed by atoms with Crippen molar-refractivity contribution in [2.24, 2.45) is 0 Å². The highest BCUT2D eigenvalue weighted by Crippen LogP contribution is 2.30. The van der Waals surface area contributed by atoms with Crippen molar-refractivity contribution < 1.29 is 27.6 Å². The van der Waals surface area contributed by atoms with E-state index in [-0.39, 0.29) is 16.3 Å². The van der Waals surface area contributed by atoms with Crippen LogP contribution in [-0.2, 0) is 14.8 Å². The lowest BCUT2D eigenvalue weighted by Crippen LogP contribution is -2.41. The first-order valence-corrected chi connectivity index (χ1v) is 11.9. The standard InChI is InChI=1S/C24H25N3O7S/c1-17(22-15-20(33-2)12-13-23(22)34-3)25-24(28)16-26(18-8-7-9-19(14-18)27(29)30)35(31,32)21-10-5-4-6-11-21/h4-15,17H,16H2,1-3H3,(H,25,28). The van der Waals surface area contributed by atoms with Crippen LogP contribution in [0.25, 0.3) is 0 Å². The Bertz CT molecular complexity index is 1310. The average molecular weight is 500 g/mol. The van der Waals surface area contributed by atoms with E-state index in [9.17, 15) is 23.3 Å². The molecule has 3 aromatic carbocycles. The maximum atomic E-state index is 13.4. The van der Waals surface area contributed by atoms with Crippen LogP contribution in [0.3, 0.4) is 0 Å². The maximum absolute atomic E-state index is 13.4. The molecule has 0 aromatic heterocycles. The van der Waals surface area contributed by atoms with Crippen LogP contribution < -0.4 is 19.1 Å². The molecule has 0 heterocycles. The van der Waals surface area contributed by atoms with Crippen LogP contribution in [0.15, 0.2) is 77.7 Å². The van der Waals surface area contributed by atoms with Gasteiger partial charge in [-0.25, -0.2) is 8.42 Å². The van der Waals surface area contributed by atoms with Crippen LogP contribution in [0.5, 0.6) is 11.5 Å². The number of nitro groups is 1. The summed E-state index contributed by atoms with van der Waals surface area (Å²) in [4.78, 5) is 23.6. The van der Waals surface area contributed by atoms with Gasteiger partial charge in [-0.2, -0.15) is 0 Å². The minimum atomic E-state index is -4.21. The van der Waals surface area contributed by atoms with Crippen LogP contribution in [-0.4, -0.2) is 40.0 Å². The van der Waals surface area contributed by atoms with E-state index < -0.39 is 33.4 Å². The highest BCUT2D eigenvalue weighted by molar-refractivity contribution is 7.92. The van der Waals surface area contributed by atoms with Gasteiger partial charge in [-0.1, -0.05) is 24.3 Å².